The minimum absolute atomic E-state index is 0.0381. The van der Waals surface area contributed by atoms with Crippen LogP contribution in [-0.4, -0.2) is 20.5 Å². The molecule has 1 aromatic carbocycles. The number of carbonyl (C=O) groups is 1. The lowest BCUT2D eigenvalue weighted by molar-refractivity contribution is 0.0882. The first-order chi connectivity index (χ1) is 11.6. The first kappa shape index (κ1) is 14.8. The fourth-order valence-electron chi connectivity index (χ4n) is 3.23. The highest BCUT2D eigenvalue weighted by molar-refractivity contribution is 6.04. The maximum atomic E-state index is 14.1. The van der Waals surface area contributed by atoms with Crippen molar-refractivity contribution < 1.29 is 13.7 Å². The van der Waals surface area contributed by atoms with E-state index in [1.165, 1.54) is 6.07 Å². The molecule has 2 heterocycles. The van der Waals surface area contributed by atoms with Crippen molar-refractivity contribution in [3.63, 3.8) is 0 Å². The summed E-state index contributed by atoms with van der Waals surface area (Å²) in [5, 5.41) is 3.97. The minimum atomic E-state index is -0.408. The van der Waals surface area contributed by atoms with E-state index >= 15 is 0 Å². The van der Waals surface area contributed by atoms with Crippen LogP contribution in [-0.2, 0) is 13.0 Å². The van der Waals surface area contributed by atoms with Crippen molar-refractivity contribution in [1.29, 1.82) is 0 Å². The molecule has 0 amide bonds. The third-order valence-electron chi connectivity index (χ3n) is 4.57. The minimum Gasteiger partial charge on any atom is -0.360 e. The fraction of sp³-hybridized carbons (Fsp3) is 0.278. The Balaban J connectivity index is 1.71. The van der Waals surface area contributed by atoms with Gasteiger partial charge >= 0.3 is 0 Å². The average molecular weight is 325 g/mol. The number of fused-ring (bicyclic) bond motifs is 1. The summed E-state index contributed by atoms with van der Waals surface area (Å²) in [6.45, 7) is 2.47. The predicted molar refractivity (Wildman–Crippen MR) is 85.0 cm³/mol. The highest BCUT2D eigenvalue weighted by Crippen LogP contribution is 2.35. The van der Waals surface area contributed by atoms with E-state index in [0.29, 0.717) is 42.0 Å². The monoisotopic (exact) mass is 325 g/mol. The van der Waals surface area contributed by atoms with Gasteiger partial charge in [-0.2, -0.15) is 0 Å². The number of hydrogen-bond donors (Lipinski definition) is 0. The van der Waals surface area contributed by atoms with E-state index in [1.807, 2.05) is 17.7 Å². The number of rotatable bonds is 3. The Bertz CT molecular complexity index is 913. The predicted octanol–water partition coefficient (Wildman–Crippen LogP) is 3.43. The van der Waals surface area contributed by atoms with Crippen molar-refractivity contribution in [2.45, 2.75) is 26.3 Å². The number of benzene rings is 1. The van der Waals surface area contributed by atoms with Crippen LogP contribution in [0.15, 0.2) is 41.2 Å². The van der Waals surface area contributed by atoms with Gasteiger partial charge in [-0.25, -0.2) is 9.37 Å². The molecule has 0 saturated carbocycles. The van der Waals surface area contributed by atoms with Gasteiger partial charge in [0.2, 0.25) is 0 Å². The average Bonchev–Trinajstić information content (AvgIpc) is 3.18. The smallest absolute Gasteiger partial charge is 0.173 e. The van der Waals surface area contributed by atoms with Gasteiger partial charge in [-0.15, -0.1) is 0 Å². The van der Waals surface area contributed by atoms with E-state index in [-0.39, 0.29) is 11.7 Å². The Morgan fingerprint density at radius 2 is 2.21 bits per heavy atom. The van der Waals surface area contributed by atoms with Crippen LogP contribution in [0.3, 0.4) is 0 Å². The van der Waals surface area contributed by atoms with E-state index in [2.05, 4.69) is 10.1 Å². The van der Waals surface area contributed by atoms with Gasteiger partial charge < -0.3 is 9.09 Å². The lowest BCUT2D eigenvalue weighted by atomic mass is 9.84. The first-order valence-electron chi connectivity index (χ1n) is 7.90. The zero-order valence-corrected chi connectivity index (χ0v) is 13.2. The molecule has 0 fully saturated rings. The van der Waals surface area contributed by atoms with Crippen LogP contribution in [0, 0.1) is 18.7 Å². The van der Waals surface area contributed by atoms with Crippen LogP contribution in [0.4, 0.5) is 4.39 Å². The van der Waals surface area contributed by atoms with E-state index in [0.717, 1.165) is 5.82 Å². The number of nitrogens with zero attached hydrogens (tertiary/aromatic N) is 3. The molecule has 6 heteroatoms. The second kappa shape index (κ2) is 5.70. The Kier molecular flexibility index (Phi) is 3.52. The molecule has 122 valence electrons. The molecule has 0 radical (unpaired) electrons. The summed E-state index contributed by atoms with van der Waals surface area (Å²) >= 11 is 0. The van der Waals surface area contributed by atoms with Gasteiger partial charge in [0.15, 0.2) is 5.78 Å². The summed E-state index contributed by atoms with van der Waals surface area (Å²) in [5.41, 5.74) is 1.03. The number of aromatic nitrogens is 3. The Hall–Kier alpha value is -2.76. The van der Waals surface area contributed by atoms with Crippen LogP contribution >= 0.6 is 0 Å². The van der Waals surface area contributed by atoms with Crippen LogP contribution in [0.1, 0.15) is 28.4 Å². The molecule has 1 atom stereocenters. The van der Waals surface area contributed by atoms with Gasteiger partial charge in [-0.3, -0.25) is 4.79 Å². The maximum absolute atomic E-state index is 14.1. The molecule has 4 rings (SSSR count). The van der Waals surface area contributed by atoms with Gasteiger partial charge in [0.1, 0.15) is 23.1 Å². The SMILES string of the molecule is Cc1nccn1CC1CCc2onc(-c3ccccc3F)c2C1=O. The standard InChI is InChI=1S/C18H16FN3O2/c1-11-20-8-9-22(11)10-12-6-7-15-16(18(12)23)17(21-24-15)13-4-2-3-5-14(13)19/h2-5,8-9,12H,6-7,10H2,1H3. The number of carbonyl (C=O) groups excluding carboxylic acids is 1. The highest BCUT2D eigenvalue weighted by atomic mass is 19.1. The zero-order valence-electron chi connectivity index (χ0n) is 13.2. The summed E-state index contributed by atoms with van der Waals surface area (Å²) in [4.78, 5) is 17.2. The molecule has 1 aliphatic carbocycles. The number of halogens is 1. The van der Waals surface area contributed by atoms with Gasteiger partial charge in [-0.1, -0.05) is 17.3 Å². The summed E-state index contributed by atoms with van der Waals surface area (Å²) in [6.07, 6.45) is 4.90. The van der Waals surface area contributed by atoms with Crippen molar-refractivity contribution in [2.75, 3.05) is 0 Å². The molecule has 5 nitrogen and oxygen atoms in total. The van der Waals surface area contributed by atoms with Crippen LogP contribution in [0.5, 0.6) is 0 Å². The van der Waals surface area contributed by atoms with Crippen molar-refractivity contribution in [1.82, 2.24) is 14.7 Å². The number of hydrogen-bond acceptors (Lipinski definition) is 4. The molecule has 0 spiro atoms. The van der Waals surface area contributed by atoms with Gasteiger partial charge in [0.25, 0.3) is 0 Å². The summed E-state index contributed by atoms with van der Waals surface area (Å²) in [7, 11) is 0. The van der Waals surface area contributed by atoms with Crippen molar-refractivity contribution in [2.24, 2.45) is 5.92 Å². The van der Waals surface area contributed by atoms with Crippen molar-refractivity contribution >= 4 is 5.78 Å². The number of imidazole rings is 1. The quantitative estimate of drug-likeness (QED) is 0.740. The third-order valence-corrected chi connectivity index (χ3v) is 4.57. The van der Waals surface area contributed by atoms with Gasteiger partial charge in [0.05, 0.1) is 5.56 Å². The lowest BCUT2D eigenvalue weighted by Crippen LogP contribution is -2.26. The largest absolute Gasteiger partial charge is 0.360 e. The van der Waals surface area contributed by atoms with Crippen molar-refractivity contribution in [3.05, 3.63) is 59.6 Å². The molecule has 0 saturated heterocycles. The second-order valence-electron chi connectivity index (χ2n) is 6.04. The topological polar surface area (TPSA) is 60.9 Å². The molecule has 0 bridgehead atoms. The Morgan fingerprint density at radius 1 is 1.38 bits per heavy atom. The highest BCUT2D eigenvalue weighted by Gasteiger charge is 2.34. The van der Waals surface area contributed by atoms with Crippen LogP contribution in [0.25, 0.3) is 11.3 Å². The molecule has 24 heavy (non-hydrogen) atoms. The summed E-state index contributed by atoms with van der Waals surface area (Å²) < 4.78 is 21.4. The third kappa shape index (κ3) is 2.35. The maximum Gasteiger partial charge on any atom is 0.173 e. The zero-order chi connectivity index (χ0) is 16.7. The number of Topliss-reactive ketones (excluding diaryl/α,β-unsaturated/α-hetero) is 1. The van der Waals surface area contributed by atoms with Crippen molar-refractivity contribution in [3.8, 4) is 11.3 Å². The summed E-state index contributed by atoms with van der Waals surface area (Å²) in [6, 6.07) is 6.30. The molecule has 1 aliphatic rings. The van der Waals surface area contributed by atoms with Crippen LogP contribution in [0.2, 0.25) is 0 Å². The van der Waals surface area contributed by atoms with E-state index in [9.17, 15) is 9.18 Å². The van der Waals surface area contributed by atoms with Crippen LogP contribution < -0.4 is 0 Å². The lowest BCUT2D eigenvalue weighted by Gasteiger charge is -2.21. The number of ketones is 1. The van der Waals surface area contributed by atoms with Gasteiger partial charge in [0, 0.05) is 36.8 Å². The Morgan fingerprint density at radius 3 is 2.96 bits per heavy atom. The van der Waals surface area contributed by atoms with Gasteiger partial charge in [-0.05, 0) is 25.5 Å². The second-order valence-corrected chi connectivity index (χ2v) is 6.04. The van der Waals surface area contributed by atoms with E-state index in [4.69, 9.17) is 4.52 Å². The van der Waals surface area contributed by atoms with E-state index in [1.54, 1.807) is 24.4 Å². The molecule has 2 aromatic heterocycles. The molecule has 0 aliphatic heterocycles. The molecular weight excluding hydrogens is 309 g/mol. The molecule has 3 aromatic rings. The van der Waals surface area contributed by atoms with E-state index < -0.39 is 5.82 Å². The first-order valence-corrected chi connectivity index (χ1v) is 7.90. The summed E-state index contributed by atoms with van der Waals surface area (Å²) in [5.74, 6) is 0.790. The number of aryl methyl sites for hydroxylation is 2. The molecule has 1 unspecified atom stereocenters. The normalized spacial score (nSPS) is 17.1. The molecular formula is C18H16FN3O2. The Labute approximate surface area is 138 Å². The molecule has 0 N–H and O–H groups in total. The fourth-order valence-corrected chi connectivity index (χ4v) is 3.23.